The molecule has 0 amide bonds. The van der Waals surface area contributed by atoms with E-state index in [0.717, 1.165) is 11.6 Å². The highest BCUT2D eigenvalue weighted by Gasteiger charge is 2.19. The van der Waals surface area contributed by atoms with E-state index in [1.807, 2.05) is 5.51 Å². The van der Waals surface area contributed by atoms with Gasteiger partial charge in [-0.2, -0.15) is 0 Å². The Balaban J connectivity index is 2.09. The molecule has 0 aliphatic heterocycles. The van der Waals surface area contributed by atoms with Gasteiger partial charge in [0.1, 0.15) is 0 Å². The number of aryl methyl sites for hydroxylation is 2. The first-order valence-corrected chi connectivity index (χ1v) is 6.67. The fourth-order valence-corrected chi connectivity index (χ4v) is 3.35. The summed E-state index contributed by atoms with van der Waals surface area (Å²) in [6.07, 6.45) is 2.54. The third kappa shape index (κ3) is 1.49. The van der Waals surface area contributed by atoms with Gasteiger partial charge < -0.3 is 0 Å². The first-order chi connectivity index (χ1) is 7.75. The van der Waals surface area contributed by atoms with Gasteiger partial charge in [0.05, 0.1) is 16.1 Å². The normalized spacial score (nSPS) is 18.8. The molecule has 1 atom stereocenters. The molecule has 0 radical (unpaired) electrons. The predicted octanol–water partition coefficient (Wildman–Crippen LogP) is 4.17. The minimum atomic E-state index is 0.742. The molecule has 82 valence electrons. The number of nitrogens with zero attached hydrogens (tertiary/aromatic N) is 1. The van der Waals surface area contributed by atoms with Gasteiger partial charge in [-0.1, -0.05) is 19.1 Å². The lowest BCUT2D eigenvalue weighted by Crippen LogP contribution is -1.87. The van der Waals surface area contributed by atoms with Crippen LogP contribution < -0.4 is 0 Å². The topological polar surface area (TPSA) is 12.9 Å². The molecule has 1 aromatic carbocycles. The predicted molar refractivity (Wildman–Crippen MR) is 69.0 cm³/mol. The summed E-state index contributed by atoms with van der Waals surface area (Å²) in [5.74, 6) is 0.742. The monoisotopic (exact) mass is 229 g/mol. The number of rotatable bonds is 1. The highest BCUT2D eigenvalue weighted by atomic mass is 32.1. The van der Waals surface area contributed by atoms with Crippen molar-refractivity contribution in [1.29, 1.82) is 0 Å². The Bertz CT molecular complexity index is 527. The minimum absolute atomic E-state index is 0.742. The Kier molecular flexibility index (Phi) is 2.32. The van der Waals surface area contributed by atoms with Gasteiger partial charge in [-0.15, -0.1) is 11.3 Å². The fraction of sp³-hybridized carbons (Fsp3) is 0.357. The number of hydrogen-bond acceptors (Lipinski definition) is 2. The molecule has 2 aromatic rings. The average molecular weight is 229 g/mol. The second kappa shape index (κ2) is 3.70. The molecule has 16 heavy (non-hydrogen) atoms. The van der Waals surface area contributed by atoms with Crippen molar-refractivity contribution < 1.29 is 0 Å². The standard InChI is InChI=1S/C14H15NS/c1-9-3-4-11-7-12(5-6-13(9)11)14-10(2)15-8-16-14/h5-9H,3-4H2,1-2H3/t9-/m0/s1. The van der Waals surface area contributed by atoms with E-state index in [9.17, 15) is 0 Å². The second-order valence-electron chi connectivity index (χ2n) is 4.62. The lowest BCUT2D eigenvalue weighted by atomic mass is 10.0. The molecule has 3 rings (SSSR count). The third-order valence-corrected chi connectivity index (χ3v) is 4.51. The number of benzene rings is 1. The molecule has 0 unspecified atom stereocenters. The zero-order valence-electron chi connectivity index (χ0n) is 9.66. The van der Waals surface area contributed by atoms with E-state index in [0.29, 0.717) is 0 Å². The van der Waals surface area contributed by atoms with Crippen LogP contribution in [0.2, 0.25) is 0 Å². The largest absolute Gasteiger partial charge is 0.249 e. The van der Waals surface area contributed by atoms with Gasteiger partial charge in [0.15, 0.2) is 0 Å². The molecular weight excluding hydrogens is 214 g/mol. The van der Waals surface area contributed by atoms with E-state index in [1.165, 1.54) is 28.8 Å². The second-order valence-corrected chi connectivity index (χ2v) is 5.47. The van der Waals surface area contributed by atoms with Gasteiger partial charge in [-0.25, -0.2) is 4.98 Å². The SMILES string of the molecule is Cc1ncsc1-c1ccc2c(c1)CC[C@@H]2C. The van der Waals surface area contributed by atoms with E-state index >= 15 is 0 Å². The minimum Gasteiger partial charge on any atom is -0.249 e. The summed E-state index contributed by atoms with van der Waals surface area (Å²) in [6, 6.07) is 6.92. The Morgan fingerprint density at radius 1 is 1.38 bits per heavy atom. The zero-order valence-corrected chi connectivity index (χ0v) is 10.5. The van der Waals surface area contributed by atoms with E-state index in [1.54, 1.807) is 16.9 Å². The number of aromatic nitrogens is 1. The number of fused-ring (bicyclic) bond motifs is 1. The van der Waals surface area contributed by atoms with Crippen LogP contribution >= 0.6 is 11.3 Å². The zero-order chi connectivity index (χ0) is 11.1. The van der Waals surface area contributed by atoms with Gasteiger partial charge in [0.25, 0.3) is 0 Å². The van der Waals surface area contributed by atoms with Crippen molar-refractivity contribution in [2.75, 3.05) is 0 Å². The maximum absolute atomic E-state index is 4.32. The van der Waals surface area contributed by atoms with Gasteiger partial charge in [0.2, 0.25) is 0 Å². The number of thiazole rings is 1. The molecule has 2 heteroatoms. The molecule has 0 saturated carbocycles. The fourth-order valence-electron chi connectivity index (χ4n) is 2.55. The molecule has 0 fully saturated rings. The summed E-state index contributed by atoms with van der Waals surface area (Å²) in [6.45, 7) is 4.41. The average Bonchev–Trinajstić information content (AvgIpc) is 2.86. The molecule has 1 nitrogen and oxygen atoms in total. The van der Waals surface area contributed by atoms with Crippen LogP contribution in [0.4, 0.5) is 0 Å². The van der Waals surface area contributed by atoms with Crippen molar-refractivity contribution in [3.8, 4) is 10.4 Å². The highest BCUT2D eigenvalue weighted by Crippen LogP contribution is 2.36. The van der Waals surface area contributed by atoms with Crippen molar-refractivity contribution >= 4 is 11.3 Å². The van der Waals surface area contributed by atoms with Crippen LogP contribution in [-0.2, 0) is 6.42 Å². The molecule has 0 bridgehead atoms. The molecule has 0 saturated heterocycles. The summed E-state index contributed by atoms with van der Waals surface area (Å²) in [5, 5.41) is 0. The maximum Gasteiger partial charge on any atom is 0.0801 e. The Morgan fingerprint density at radius 3 is 3.00 bits per heavy atom. The molecule has 1 aliphatic carbocycles. The summed E-state index contributed by atoms with van der Waals surface area (Å²) in [5.41, 5.74) is 7.51. The van der Waals surface area contributed by atoms with Crippen molar-refractivity contribution in [3.05, 3.63) is 40.5 Å². The third-order valence-electron chi connectivity index (χ3n) is 3.53. The first kappa shape index (κ1) is 10.0. The van der Waals surface area contributed by atoms with Gasteiger partial charge in [-0.05, 0) is 48.4 Å². The van der Waals surface area contributed by atoms with Crippen LogP contribution in [0.3, 0.4) is 0 Å². The van der Waals surface area contributed by atoms with Crippen LogP contribution in [-0.4, -0.2) is 4.98 Å². The molecule has 1 aromatic heterocycles. The summed E-state index contributed by atoms with van der Waals surface area (Å²) < 4.78 is 0. The summed E-state index contributed by atoms with van der Waals surface area (Å²) in [4.78, 5) is 5.64. The lowest BCUT2D eigenvalue weighted by Gasteiger charge is -2.06. The molecule has 0 spiro atoms. The molecular formula is C14H15NS. The number of hydrogen-bond donors (Lipinski definition) is 0. The van der Waals surface area contributed by atoms with Crippen molar-refractivity contribution in [2.24, 2.45) is 0 Å². The van der Waals surface area contributed by atoms with Gasteiger partial charge in [0, 0.05) is 0 Å². The van der Waals surface area contributed by atoms with Crippen molar-refractivity contribution in [3.63, 3.8) is 0 Å². The Labute approximate surface area is 100 Å². The van der Waals surface area contributed by atoms with Crippen LogP contribution in [0, 0.1) is 6.92 Å². The molecule has 1 aliphatic rings. The van der Waals surface area contributed by atoms with E-state index < -0.39 is 0 Å². The van der Waals surface area contributed by atoms with Crippen molar-refractivity contribution in [2.45, 2.75) is 32.6 Å². The van der Waals surface area contributed by atoms with Crippen molar-refractivity contribution in [1.82, 2.24) is 4.98 Å². The summed E-state index contributed by atoms with van der Waals surface area (Å²) >= 11 is 1.74. The van der Waals surface area contributed by atoms with Crippen LogP contribution in [0.25, 0.3) is 10.4 Å². The van der Waals surface area contributed by atoms with Crippen LogP contribution in [0.1, 0.15) is 36.1 Å². The summed E-state index contributed by atoms with van der Waals surface area (Å²) in [7, 11) is 0. The smallest absolute Gasteiger partial charge is 0.0801 e. The van der Waals surface area contributed by atoms with Gasteiger partial charge >= 0.3 is 0 Å². The van der Waals surface area contributed by atoms with E-state index in [2.05, 4.69) is 37.0 Å². The lowest BCUT2D eigenvalue weighted by molar-refractivity contribution is 0.747. The van der Waals surface area contributed by atoms with Crippen LogP contribution in [0.5, 0.6) is 0 Å². The Hall–Kier alpha value is -1.15. The molecule has 1 heterocycles. The highest BCUT2D eigenvalue weighted by molar-refractivity contribution is 7.13. The van der Waals surface area contributed by atoms with E-state index in [4.69, 9.17) is 0 Å². The Morgan fingerprint density at radius 2 is 2.25 bits per heavy atom. The quantitative estimate of drug-likeness (QED) is 0.715. The van der Waals surface area contributed by atoms with Crippen LogP contribution in [0.15, 0.2) is 23.7 Å². The molecule has 0 N–H and O–H groups in total. The maximum atomic E-state index is 4.32. The first-order valence-electron chi connectivity index (χ1n) is 5.79. The van der Waals surface area contributed by atoms with E-state index in [-0.39, 0.29) is 0 Å². The van der Waals surface area contributed by atoms with Gasteiger partial charge in [-0.3, -0.25) is 0 Å².